The number of nitrogens with zero attached hydrogens (tertiary/aromatic N) is 4. The van der Waals surface area contributed by atoms with Crippen LogP contribution in [0.3, 0.4) is 0 Å². The molecule has 5 rings (SSSR count). The van der Waals surface area contributed by atoms with E-state index in [1.165, 1.54) is 5.56 Å². The zero-order valence-corrected chi connectivity index (χ0v) is 16.9. The summed E-state index contributed by atoms with van der Waals surface area (Å²) in [5, 5.41) is 14.9. The van der Waals surface area contributed by atoms with E-state index in [-0.39, 0.29) is 5.91 Å². The smallest absolute Gasteiger partial charge is 0.237 e. The van der Waals surface area contributed by atoms with E-state index in [0.717, 1.165) is 50.2 Å². The second-order valence-electron chi connectivity index (χ2n) is 8.84. The number of benzene rings is 1. The van der Waals surface area contributed by atoms with Crippen molar-refractivity contribution in [3.05, 3.63) is 53.3 Å². The SMILES string of the molecule is O=C(CN1CCC(c2ccccc2)CC1)N1CCn2nc([C@H](O)C3CC3)cc2C1. The molecule has 1 N–H and O–H groups in total. The molecule has 0 bridgehead atoms. The molecule has 1 aliphatic carbocycles. The molecule has 1 amide bonds. The minimum Gasteiger partial charge on any atom is -0.386 e. The van der Waals surface area contributed by atoms with E-state index in [1.807, 2.05) is 15.6 Å². The van der Waals surface area contributed by atoms with Gasteiger partial charge in [0.2, 0.25) is 5.91 Å². The predicted molar refractivity (Wildman–Crippen MR) is 110 cm³/mol. The Kier molecular flexibility index (Phi) is 5.14. The van der Waals surface area contributed by atoms with Gasteiger partial charge in [-0.2, -0.15) is 5.10 Å². The van der Waals surface area contributed by atoms with Gasteiger partial charge in [-0.25, -0.2) is 0 Å². The van der Waals surface area contributed by atoms with E-state index in [2.05, 4.69) is 40.3 Å². The van der Waals surface area contributed by atoms with E-state index in [4.69, 9.17) is 0 Å². The summed E-state index contributed by atoms with van der Waals surface area (Å²) < 4.78 is 1.97. The Bertz CT molecular complexity index is 853. The van der Waals surface area contributed by atoms with Crippen LogP contribution >= 0.6 is 0 Å². The van der Waals surface area contributed by atoms with Crippen molar-refractivity contribution in [1.29, 1.82) is 0 Å². The summed E-state index contributed by atoms with van der Waals surface area (Å²) in [6.07, 6.45) is 3.98. The minimum absolute atomic E-state index is 0.208. The van der Waals surface area contributed by atoms with E-state index in [0.29, 0.717) is 38.0 Å². The maximum absolute atomic E-state index is 12.9. The van der Waals surface area contributed by atoms with E-state index < -0.39 is 6.10 Å². The molecular formula is C23H30N4O2. The van der Waals surface area contributed by atoms with Gasteiger partial charge in [0.25, 0.3) is 0 Å². The van der Waals surface area contributed by atoms with Crippen LogP contribution in [0.2, 0.25) is 0 Å². The number of aliphatic hydroxyl groups is 1. The van der Waals surface area contributed by atoms with Crippen molar-refractivity contribution in [2.24, 2.45) is 5.92 Å². The number of fused-ring (bicyclic) bond motifs is 1. The molecule has 0 unspecified atom stereocenters. The lowest BCUT2D eigenvalue weighted by Gasteiger charge is -2.34. The van der Waals surface area contributed by atoms with Crippen molar-refractivity contribution in [2.75, 3.05) is 26.2 Å². The molecule has 1 saturated carbocycles. The lowest BCUT2D eigenvalue weighted by molar-refractivity contribution is -0.134. The Morgan fingerprint density at radius 2 is 1.83 bits per heavy atom. The number of likely N-dealkylation sites (tertiary alicyclic amines) is 1. The molecule has 1 atom stereocenters. The highest BCUT2D eigenvalue weighted by molar-refractivity contribution is 5.78. The first-order chi connectivity index (χ1) is 14.2. The van der Waals surface area contributed by atoms with Gasteiger partial charge in [0.15, 0.2) is 0 Å². The van der Waals surface area contributed by atoms with Crippen LogP contribution in [0.1, 0.15) is 54.7 Å². The van der Waals surface area contributed by atoms with Crippen LogP contribution in [0, 0.1) is 5.92 Å². The first-order valence-corrected chi connectivity index (χ1v) is 11.0. The van der Waals surface area contributed by atoms with Gasteiger partial charge in [0.05, 0.1) is 31.0 Å². The number of piperidine rings is 1. The monoisotopic (exact) mass is 394 g/mol. The molecule has 0 spiro atoms. The summed E-state index contributed by atoms with van der Waals surface area (Å²) in [6, 6.07) is 12.7. The summed E-state index contributed by atoms with van der Waals surface area (Å²) in [5.74, 6) is 1.20. The number of aromatic nitrogens is 2. The zero-order chi connectivity index (χ0) is 19.8. The van der Waals surface area contributed by atoms with Crippen molar-refractivity contribution >= 4 is 5.91 Å². The summed E-state index contributed by atoms with van der Waals surface area (Å²) in [4.78, 5) is 17.1. The van der Waals surface area contributed by atoms with Crippen LogP contribution in [-0.2, 0) is 17.9 Å². The number of hydrogen-bond donors (Lipinski definition) is 1. The Labute approximate surface area is 172 Å². The molecule has 2 fully saturated rings. The molecule has 3 heterocycles. The van der Waals surface area contributed by atoms with Crippen LogP contribution in [0.25, 0.3) is 0 Å². The second kappa shape index (κ2) is 7.92. The maximum Gasteiger partial charge on any atom is 0.237 e. The first kappa shape index (κ1) is 18.8. The Balaban J connectivity index is 1.14. The molecule has 1 saturated heterocycles. The lowest BCUT2D eigenvalue weighted by Crippen LogP contribution is -2.45. The van der Waals surface area contributed by atoms with E-state index in [9.17, 15) is 9.90 Å². The fraction of sp³-hybridized carbons (Fsp3) is 0.565. The highest BCUT2D eigenvalue weighted by Gasteiger charge is 2.34. The molecule has 154 valence electrons. The Hall–Kier alpha value is -2.18. The number of amides is 1. The molecule has 2 aliphatic heterocycles. The van der Waals surface area contributed by atoms with Gasteiger partial charge in [-0.3, -0.25) is 14.4 Å². The number of rotatable bonds is 5. The molecule has 2 aromatic rings. The highest BCUT2D eigenvalue weighted by atomic mass is 16.3. The van der Waals surface area contributed by atoms with Gasteiger partial charge < -0.3 is 10.0 Å². The normalized spacial score (nSPS) is 21.8. The standard InChI is InChI=1S/C23H30N4O2/c28-22(16-25-10-8-18(9-11-25)17-4-2-1-3-5-17)26-12-13-27-20(15-26)14-21(24-27)23(29)19-6-7-19/h1-5,14,18-19,23,29H,6-13,15-16H2/t23-/m1/s1. The van der Waals surface area contributed by atoms with Gasteiger partial charge >= 0.3 is 0 Å². The third kappa shape index (κ3) is 4.09. The van der Waals surface area contributed by atoms with Crippen LogP contribution < -0.4 is 0 Å². The van der Waals surface area contributed by atoms with E-state index in [1.54, 1.807) is 0 Å². The molecule has 1 aromatic heterocycles. The van der Waals surface area contributed by atoms with Crippen molar-refractivity contribution in [3.63, 3.8) is 0 Å². The fourth-order valence-corrected chi connectivity index (χ4v) is 4.74. The largest absolute Gasteiger partial charge is 0.386 e. The van der Waals surface area contributed by atoms with Crippen molar-refractivity contribution in [3.8, 4) is 0 Å². The second-order valence-corrected chi connectivity index (χ2v) is 8.84. The van der Waals surface area contributed by atoms with Gasteiger partial charge in [-0.05, 0) is 62.2 Å². The predicted octanol–water partition coefficient (Wildman–Crippen LogP) is 2.55. The summed E-state index contributed by atoms with van der Waals surface area (Å²) in [6.45, 7) is 4.49. The van der Waals surface area contributed by atoms with Crippen LogP contribution in [-0.4, -0.2) is 56.8 Å². The quantitative estimate of drug-likeness (QED) is 0.847. The summed E-state index contributed by atoms with van der Waals surface area (Å²) in [5.41, 5.74) is 3.24. The summed E-state index contributed by atoms with van der Waals surface area (Å²) in [7, 11) is 0. The topological polar surface area (TPSA) is 61.6 Å². The minimum atomic E-state index is -0.442. The van der Waals surface area contributed by atoms with Gasteiger partial charge in [0, 0.05) is 6.54 Å². The van der Waals surface area contributed by atoms with Crippen molar-refractivity contribution in [1.82, 2.24) is 19.6 Å². The summed E-state index contributed by atoms with van der Waals surface area (Å²) >= 11 is 0. The van der Waals surface area contributed by atoms with Crippen LogP contribution in [0.15, 0.2) is 36.4 Å². The number of hydrogen-bond acceptors (Lipinski definition) is 4. The molecule has 29 heavy (non-hydrogen) atoms. The third-order valence-corrected chi connectivity index (χ3v) is 6.76. The molecule has 6 nitrogen and oxygen atoms in total. The fourth-order valence-electron chi connectivity index (χ4n) is 4.74. The van der Waals surface area contributed by atoms with Crippen LogP contribution in [0.4, 0.5) is 0 Å². The molecule has 1 aromatic carbocycles. The highest BCUT2D eigenvalue weighted by Crippen LogP contribution is 2.40. The maximum atomic E-state index is 12.9. The molecular weight excluding hydrogens is 364 g/mol. The average Bonchev–Trinajstić information content (AvgIpc) is 3.52. The Morgan fingerprint density at radius 1 is 1.07 bits per heavy atom. The number of carbonyl (C=O) groups is 1. The number of carbonyl (C=O) groups excluding carboxylic acids is 1. The molecule has 6 heteroatoms. The van der Waals surface area contributed by atoms with Gasteiger partial charge in [-0.15, -0.1) is 0 Å². The molecule has 3 aliphatic rings. The van der Waals surface area contributed by atoms with Crippen LogP contribution in [0.5, 0.6) is 0 Å². The zero-order valence-electron chi connectivity index (χ0n) is 16.9. The van der Waals surface area contributed by atoms with Gasteiger partial charge in [-0.1, -0.05) is 30.3 Å². The third-order valence-electron chi connectivity index (χ3n) is 6.76. The first-order valence-electron chi connectivity index (χ1n) is 11.0. The number of aliphatic hydroxyl groups excluding tert-OH is 1. The molecule has 0 radical (unpaired) electrons. The van der Waals surface area contributed by atoms with Crippen molar-refractivity contribution in [2.45, 2.75) is 50.8 Å². The average molecular weight is 395 g/mol. The lowest BCUT2D eigenvalue weighted by atomic mass is 9.89. The van der Waals surface area contributed by atoms with Gasteiger partial charge in [0.1, 0.15) is 6.10 Å². The Morgan fingerprint density at radius 3 is 2.55 bits per heavy atom. The van der Waals surface area contributed by atoms with E-state index >= 15 is 0 Å². The van der Waals surface area contributed by atoms with Crippen molar-refractivity contribution < 1.29 is 9.90 Å².